The lowest BCUT2D eigenvalue weighted by molar-refractivity contribution is -0.889. The Bertz CT molecular complexity index is 654. The van der Waals surface area contributed by atoms with Crippen molar-refractivity contribution >= 4 is 10.8 Å². The molecule has 0 aliphatic carbocycles. The van der Waals surface area contributed by atoms with Gasteiger partial charge in [0.1, 0.15) is 6.61 Å². The maximum Gasteiger partial charge on any atom is 0.111 e. The topological polar surface area (TPSA) is 177 Å². The molecule has 18 nitrogen and oxygen atoms in total. The maximum absolute atomic E-state index is 7.57. The van der Waals surface area contributed by atoms with E-state index in [2.05, 4.69) is 80.6 Å². The summed E-state index contributed by atoms with van der Waals surface area (Å²) in [5.74, 6) is 0. The lowest BCUT2D eigenvalue weighted by Gasteiger charge is -2.03. The third-order valence-electron chi connectivity index (χ3n) is 2.51. The van der Waals surface area contributed by atoms with Crippen LogP contribution in [0.25, 0.3) is 10.8 Å². The van der Waals surface area contributed by atoms with Gasteiger partial charge in [0, 0.05) is 0 Å². The molecule has 0 heterocycles. The number of fused-ring (bicyclic) bond motifs is 1. The minimum atomic E-state index is 0.0467. The van der Waals surface area contributed by atoms with Gasteiger partial charge in [-0.05, 0) is 103 Å². The van der Waals surface area contributed by atoms with E-state index in [-0.39, 0.29) is 6.61 Å². The molecule has 2 aromatic rings. The summed E-state index contributed by atoms with van der Waals surface area (Å²) in [5, 5.41) is 67.0. The van der Waals surface area contributed by atoms with Gasteiger partial charge in [0.25, 0.3) is 0 Å². The minimum Gasteiger partial charge on any atom is -0.219 e. The molecule has 1 N–H and O–H groups in total. The molecule has 0 aromatic heterocycles. The highest BCUT2D eigenvalue weighted by Crippen LogP contribution is 2.16. The fraction of sp³-hybridized carbons (Fsp3) is 0.0909. The Labute approximate surface area is 157 Å². The quantitative estimate of drug-likeness (QED) is 0.205. The molecule has 0 aliphatic heterocycles. The third-order valence-corrected chi connectivity index (χ3v) is 2.51. The highest BCUT2D eigenvalue weighted by molar-refractivity contribution is 5.82. The zero-order valence-corrected chi connectivity index (χ0v) is 13.6. The van der Waals surface area contributed by atoms with Gasteiger partial charge in [0.2, 0.25) is 0 Å². The summed E-state index contributed by atoms with van der Waals surface area (Å²) < 4.78 is 0. The third kappa shape index (κ3) is 10.9. The van der Waals surface area contributed by atoms with Crippen LogP contribution in [0.5, 0.6) is 0 Å². The Kier molecular flexibility index (Phi) is 12.7. The van der Waals surface area contributed by atoms with Crippen molar-refractivity contribution in [2.75, 3.05) is 0 Å². The van der Waals surface area contributed by atoms with E-state index < -0.39 is 0 Å². The summed E-state index contributed by atoms with van der Waals surface area (Å²) in [6.45, 7) is 0.0467. The normalized spacial score (nSPS) is 11.3. The van der Waals surface area contributed by atoms with E-state index in [0.29, 0.717) is 0 Å². The van der Waals surface area contributed by atoms with Crippen molar-refractivity contribution in [2.45, 2.75) is 6.61 Å². The number of benzene rings is 2. The van der Waals surface area contributed by atoms with Crippen LogP contribution in [0.3, 0.4) is 0 Å². The fourth-order valence-electron chi connectivity index (χ4n) is 1.60. The predicted molar refractivity (Wildman–Crippen MR) is 68.7 cm³/mol. The van der Waals surface area contributed by atoms with Gasteiger partial charge in [-0.2, -0.15) is 4.89 Å². The molecule has 2 rings (SSSR count). The predicted octanol–water partition coefficient (Wildman–Crippen LogP) is 1.73. The zero-order chi connectivity index (χ0) is 20.4. The van der Waals surface area contributed by atoms with Crippen molar-refractivity contribution in [1.82, 2.24) is 0 Å². The van der Waals surface area contributed by atoms with Gasteiger partial charge in [-0.3, -0.25) is 0 Å². The molecule has 162 valence electrons. The zero-order valence-electron chi connectivity index (χ0n) is 13.6. The van der Waals surface area contributed by atoms with Gasteiger partial charge in [-0.25, -0.2) is 5.26 Å². The number of hydrogen-bond donors (Lipinski definition) is 1. The second-order valence-corrected chi connectivity index (χ2v) is 4.04. The molecular formula is C11H10O18. The van der Waals surface area contributed by atoms with E-state index in [0.717, 1.165) is 16.3 Å². The molecule has 0 amide bonds. The van der Waals surface area contributed by atoms with Gasteiger partial charge in [-0.15, -0.1) is 0 Å². The molecule has 29 heavy (non-hydrogen) atoms. The van der Waals surface area contributed by atoms with Crippen molar-refractivity contribution in [1.29, 1.82) is 0 Å². The van der Waals surface area contributed by atoms with E-state index in [4.69, 9.17) is 10.1 Å². The van der Waals surface area contributed by atoms with Crippen LogP contribution in [0.2, 0.25) is 0 Å². The van der Waals surface area contributed by atoms with Gasteiger partial charge >= 0.3 is 0 Å². The lowest BCUT2D eigenvalue weighted by Crippen LogP contribution is -2.05. The first-order valence-corrected chi connectivity index (χ1v) is 6.81. The molecule has 0 radical (unpaired) electrons. The number of hydrogen-bond acceptors (Lipinski definition) is 18. The molecule has 0 atom stereocenters. The second-order valence-electron chi connectivity index (χ2n) is 4.04. The van der Waals surface area contributed by atoms with Crippen molar-refractivity contribution in [3.05, 3.63) is 48.0 Å². The maximum atomic E-state index is 7.57. The average Bonchev–Trinajstić information content (AvgIpc) is 2.76. The summed E-state index contributed by atoms with van der Waals surface area (Å²) in [7, 11) is 0. The summed E-state index contributed by atoms with van der Waals surface area (Å²) in [4.78, 5) is 4.69. The van der Waals surface area contributed by atoms with Crippen molar-refractivity contribution < 1.29 is 90.8 Å². The molecule has 18 heteroatoms. The van der Waals surface area contributed by atoms with Gasteiger partial charge in [0.15, 0.2) is 0 Å². The molecule has 2 aromatic carbocycles. The van der Waals surface area contributed by atoms with Crippen LogP contribution in [0.4, 0.5) is 0 Å². The molecule has 0 bridgehead atoms. The van der Waals surface area contributed by atoms with Crippen LogP contribution in [0, 0.1) is 0 Å². The average molecular weight is 430 g/mol. The first kappa shape index (κ1) is 23.3. The van der Waals surface area contributed by atoms with Gasteiger partial charge < -0.3 is 0 Å². The van der Waals surface area contributed by atoms with E-state index >= 15 is 0 Å². The Morgan fingerprint density at radius 3 is 1.55 bits per heavy atom. The van der Waals surface area contributed by atoms with Crippen LogP contribution in [0.1, 0.15) is 5.56 Å². The standard InChI is InChI=1S/C11H10O18/c12-14-16-18-20-22-24-26-28-29-27-25-23-21-19-17-15-13-8-9-5-6-10-3-1-2-4-11(10)7-9/h1-7,12H,8H2. The Morgan fingerprint density at radius 1 is 0.517 bits per heavy atom. The first-order chi connectivity index (χ1) is 14.4. The molecule has 0 aliphatic rings. The molecular weight excluding hydrogens is 420 g/mol. The lowest BCUT2D eigenvalue weighted by atomic mass is 10.1. The summed E-state index contributed by atoms with van der Waals surface area (Å²) in [6, 6.07) is 13.4. The molecule has 0 saturated carbocycles. The highest BCUT2D eigenvalue weighted by Gasteiger charge is 2.01. The van der Waals surface area contributed by atoms with Crippen LogP contribution in [0.15, 0.2) is 42.5 Å². The minimum absolute atomic E-state index is 0.0467. The van der Waals surface area contributed by atoms with Crippen molar-refractivity contribution in [3.8, 4) is 0 Å². The van der Waals surface area contributed by atoms with Crippen molar-refractivity contribution in [2.24, 2.45) is 0 Å². The van der Waals surface area contributed by atoms with Crippen LogP contribution >= 0.6 is 0 Å². The van der Waals surface area contributed by atoms with Gasteiger partial charge in [-0.1, -0.05) is 36.4 Å². The fourth-order valence-corrected chi connectivity index (χ4v) is 1.60. The van der Waals surface area contributed by atoms with E-state index in [1.165, 1.54) is 0 Å². The van der Waals surface area contributed by atoms with Crippen LogP contribution in [-0.4, -0.2) is 5.26 Å². The number of rotatable bonds is 18. The molecule has 0 unspecified atom stereocenters. The summed E-state index contributed by atoms with van der Waals surface area (Å²) >= 11 is 0. The Hall–Kier alpha value is -2.02. The first-order valence-electron chi connectivity index (χ1n) is 6.81. The van der Waals surface area contributed by atoms with E-state index in [9.17, 15) is 0 Å². The van der Waals surface area contributed by atoms with E-state index in [1.54, 1.807) is 0 Å². The van der Waals surface area contributed by atoms with Crippen molar-refractivity contribution in [3.63, 3.8) is 0 Å². The smallest absolute Gasteiger partial charge is 0.111 e. The summed E-state index contributed by atoms with van der Waals surface area (Å²) in [6.07, 6.45) is 0. The summed E-state index contributed by atoms with van der Waals surface area (Å²) in [5.41, 5.74) is 0.807. The Morgan fingerprint density at radius 2 is 1.00 bits per heavy atom. The molecule has 0 spiro atoms. The highest BCUT2D eigenvalue weighted by atomic mass is 18.0. The second kappa shape index (κ2) is 15.9. The van der Waals surface area contributed by atoms with Crippen LogP contribution in [-0.2, 0) is 92.1 Å². The molecule has 0 fully saturated rings. The SMILES string of the molecule is OOOOOOOOOOOOOOOOOOCc1ccc2ccccc2c1. The largest absolute Gasteiger partial charge is 0.219 e. The van der Waals surface area contributed by atoms with E-state index in [1.807, 2.05) is 42.5 Å². The molecule has 0 saturated heterocycles. The Balaban J connectivity index is 1.33. The van der Waals surface area contributed by atoms with Crippen LogP contribution < -0.4 is 0 Å². The van der Waals surface area contributed by atoms with Gasteiger partial charge in [0.05, 0.1) is 0 Å². The monoisotopic (exact) mass is 430 g/mol.